The van der Waals surface area contributed by atoms with Crippen molar-refractivity contribution in [3.8, 4) is 0 Å². The van der Waals surface area contributed by atoms with Gasteiger partial charge in [-0.3, -0.25) is 0 Å². The summed E-state index contributed by atoms with van der Waals surface area (Å²) in [6, 6.07) is 6.53. The minimum Gasteiger partial charge on any atom is -0.143 e. The fourth-order valence-electron chi connectivity index (χ4n) is 1.56. The Hall–Kier alpha value is -1.21. The molecule has 0 saturated heterocycles. The zero-order valence-corrected chi connectivity index (χ0v) is 11.7. The van der Waals surface area contributed by atoms with Crippen LogP contribution in [0.2, 0.25) is 0 Å². The second kappa shape index (κ2) is 6.51. The van der Waals surface area contributed by atoms with Crippen LogP contribution in [0.5, 0.6) is 0 Å². The predicted molar refractivity (Wildman–Crippen MR) is 80.6 cm³/mol. The van der Waals surface area contributed by atoms with Crippen LogP contribution in [0.3, 0.4) is 0 Å². The van der Waals surface area contributed by atoms with Crippen LogP contribution >= 0.6 is 12.6 Å². The van der Waals surface area contributed by atoms with Crippen LogP contribution in [0.25, 0.3) is 0 Å². The van der Waals surface area contributed by atoms with Crippen molar-refractivity contribution in [1.82, 2.24) is 0 Å². The van der Waals surface area contributed by atoms with E-state index < -0.39 is 0 Å². The fourth-order valence-corrected chi connectivity index (χ4v) is 1.72. The monoisotopic (exact) mass is 244 g/mol. The lowest BCUT2D eigenvalue weighted by Gasteiger charge is -2.07. The molecule has 1 aromatic carbocycles. The Bertz CT molecular complexity index is 464. The van der Waals surface area contributed by atoms with Crippen LogP contribution in [0.1, 0.15) is 23.6 Å². The Balaban J connectivity index is 2.78. The molecule has 0 spiro atoms. The number of hydrogen-bond donors (Lipinski definition) is 1. The molecule has 0 amide bonds. The maximum Gasteiger partial charge on any atom is 0.00693 e. The zero-order chi connectivity index (χ0) is 12.8. The number of hydrogen-bond acceptors (Lipinski definition) is 1. The van der Waals surface area contributed by atoms with Gasteiger partial charge in [0.1, 0.15) is 0 Å². The molecular weight excluding hydrogens is 224 g/mol. The van der Waals surface area contributed by atoms with Gasteiger partial charge in [0.05, 0.1) is 0 Å². The Labute approximate surface area is 110 Å². The molecule has 17 heavy (non-hydrogen) atoms. The first-order valence-corrected chi connectivity index (χ1v) is 6.25. The SMILES string of the molecule is C=C(Cc1ccc(C)c(C)c1)/C(S)=C/C=C\C. The van der Waals surface area contributed by atoms with Gasteiger partial charge in [0, 0.05) is 4.91 Å². The molecular formula is C16H20S. The van der Waals surface area contributed by atoms with Gasteiger partial charge in [-0.1, -0.05) is 36.9 Å². The molecule has 90 valence electrons. The summed E-state index contributed by atoms with van der Waals surface area (Å²) in [5.41, 5.74) is 5.00. The second-order valence-corrected chi connectivity index (χ2v) is 4.76. The van der Waals surface area contributed by atoms with E-state index in [-0.39, 0.29) is 0 Å². The second-order valence-electron chi connectivity index (χ2n) is 4.28. The standard InChI is InChI=1S/C16H20S/c1-5-6-7-16(17)14(4)11-15-9-8-12(2)13(3)10-15/h5-10,17H,4,11H2,1-3H3/b6-5-,16-7-. The van der Waals surface area contributed by atoms with E-state index in [0.717, 1.165) is 16.9 Å². The molecule has 0 nitrogen and oxygen atoms in total. The molecule has 0 aliphatic rings. The first-order valence-electron chi connectivity index (χ1n) is 5.80. The number of aryl methyl sites for hydroxylation is 2. The third kappa shape index (κ3) is 4.27. The molecule has 0 N–H and O–H groups in total. The molecule has 1 aromatic rings. The normalized spacial score (nSPS) is 12.1. The van der Waals surface area contributed by atoms with Gasteiger partial charge >= 0.3 is 0 Å². The van der Waals surface area contributed by atoms with E-state index >= 15 is 0 Å². The van der Waals surface area contributed by atoms with E-state index in [1.54, 1.807) is 0 Å². The van der Waals surface area contributed by atoms with Crippen LogP contribution in [-0.4, -0.2) is 0 Å². The smallest absolute Gasteiger partial charge is 0.00693 e. The summed E-state index contributed by atoms with van der Waals surface area (Å²) in [6.45, 7) is 10.3. The Morgan fingerprint density at radius 3 is 2.59 bits per heavy atom. The fraction of sp³-hybridized carbons (Fsp3) is 0.250. The molecule has 0 fully saturated rings. The van der Waals surface area contributed by atoms with Crippen molar-refractivity contribution in [1.29, 1.82) is 0 Å². The highest BCUT2D eigenvalue weighted by molar-refractivity contribution is 7.84. The average Bonchev–Trinajstić information content (AvgIpc) is 2.30. The quantitative estimate of drug-likeness (QED) is 0.571. The molecule has 0 heterocycles. The van der Waals surface area contributed by atoms with Crippen LogP contribution in [0.4, 0.5) is 0 Å². The highest BCUT2D eigenvalue weighted by Gasteiger charge is 2.01. The summed E-state index contributed by atoms with van der Waals surface area (Å²) in [5, 5.41) is 0. The summed E-state index contributed by atoms with van der Waals surface area (Å²) in [4.78, 5) is 0.946. The molecule has 0 aliphatic heterocycles. The highest BCUT2D eigenvalue weighted by atomic mass is 32.1. The molecule has 0 aromatic heterocycles. The van der Waals surface area contributed by atoms with E-state index in [9.17, 15) is 0 Å². The van der Waals surface area contributed by atoms with E-state index in [2.05, 4.69) is 51.3 Å². The topological polar surface area (TPSA) is 0 Å². The lowest BCUT2D eigenvalue weighted by Crippen LogP contribution is -1.91. The molecule has 0 bridgehead atoms. The third-order valence-electron chi connectivity index (χ3n) is 2.80. The largest absolute Gasteiger partial charge is 0.143 e. The lowest BCUT2D eigenvalue weighted by molar-refractivity contribution is 1.17. The van der Waals surface area contributed by atoms with Crippen molar-refractivity contribution >= 4 is 12.6 Å². The van der Waals surface area contributed by atoms with E-state index in [0.29, 0.717) is 0 Å². The van der Waals surface area contributed by atoms with Crippen molar-refractivity contribution in [3.05, 3.63) is 70.2 Å². The maximum atomic E-state index is 4.45. The van der Waals surface area contributed by atoms with Crippen molar-refractivity contribution in [2.75, 3.05) is 0 Å². The molecule has 0 aliphatic carbocycles. The minimum atomic E-state index is 0.855. The molecule has 0 atom stereocenters. The van der Waals surface area contributed by atoms with Crippen molar-refractivity contribution in [2.24, 2.45) is 0 Å². The summed E-state index contributed by atoms with van der Waals surface area (Å²) in [6.07, 6.45) is 6.80. The molecule has 0 radical (unpaired) electrons. The Morgan fingerprint density at radius 1 is 1.29 bits per heavy atom. The maximum absolute atomic E-state index is 4.45. The predicted octanol–water partition coefficient (Wildman–Crippen LogP) is 4.79. The van der Waals surface area contributed by atoms with Crippen LogP contribution in [0, 0.1) is 13.8 Å². The zero-order valence-electron chi connectivity index (χ0n) is 10.8. The van der Waals surface area contributed by atoms with Gasteiger partial charge in [-0.25, -0.2) is 0 Å². The third-order valence-corrected chi connectivity index (χ3v) is 3.26. The number of benzene rings is 1. The van der Waals surface area contributed by atoms with Gasteiger partial charge in [0.2, 0.25) is 0 Å². The lowest BCUT2D eigenvalue weighted by atomic mass is 10.0. The summed E-state index contributed by atoms with van der Waals surface area (Å²) < 4.78 is 0. The van der Waals surface area contributed by atoms with Crippen molar-refractivity contribution < 1.29 is 0 Å². The molecule has 1 heteroatoms. The molecule has 0 unspecified atom stereocenters. The van der Waals surface area contributed by atoms with E-state index in [1.807, 2.05) is 25.2 Å². The van der Waals surface area contributed by atoms with Crippen LogP contribution < -0.4 is 0 Å². The van der Waals surface area contributed by atoms with Gasteiger partial charge in [-0.2, -0.15) is 0 Å². The average molecular weight is 244 g/mol. The number of thiol groups is 1. The summed E-state index contributed by atoms with van der Waals surface area (Å²) in [5.74, 6) is 0. The number of allylic oxidation sites excluding steroid dienone is 4. The Kier molecular flexibility index (Phi) is 5.30. The first kappa shape index (κ1) is 13.9. The molecule has 0 saturated carbocycles. The van der Waals surface area contributed by atoms with Crippen molar-refractivity contribution in [3.63, 3.8) is 0 Å². The summed E-state index contributed by atoms with van der Waals surface area (Å²) in [7, 11) is 0. The summed E-state index contributed by atoms with van der Waals surface area (Å²) >= 11 is 4.45. The van der Waals surface area contributed by atoms with Gasteiger partial charge < -0.3 is 0 Å². The minimum absolute atomic E-state index is 0.855. The Morgan fingerprint density at radius 2 is 2.00 bits per heavy atom. The van der Waals surface area contributed by atoms with E-state index in [1.165, 1.54) is 16.7 Å². The van der Waals surface area contributed by atoms with Crippen molar-refractivity contribution in [2.45, 2.75) is 27.2 Å². The first-order chi connectivity index (χ1) is 8.04. The van der Waals surface area contributed by atoms with E-state index in [4.69, 9.17) is 0 Å². The van der Waals surface area contributed by atoms with Gasteiger partial charge in [-0.15, -0.1) is 12.6 Å². The molecule has 1 rings (SSSR count). The van der Waals surface area contributed by atoms with Crippen LogP contribution in [0.15, 0.2) is 53.5 Å². The van der Waals surface area contributed by atoms with Gasteiger partial charge in [0.25, 0.3) is 0 Å². The van der Waals surface area contributed by atoms with Gasteiger partial charge in [-0.05, 0) is 55.5 Å². The number of rotatable bonds is 4. The van der Waals surface area contributed by atoms with Crippen LogP contribution in [-0.2, 0) is 6.42 Å². The highest BCUT2D eigenvalue weighted by Crippen LogP contribution is 2.19. The van der Waals surface area contributed by atoms with Gasteiger partial charge in [0.15, 0.2) is 0 Å².